The molecule has 8 nitrogen and oxygen atoms in total. The van der Waals surface area contributed by atoms with Crippen molar-refractivity contribution >= 4 is 28.9 Å². The highest BCUT2D eigenvalue weighted by Gasteiger charge is 2.25. The molecule has 2 aromatic carbocycles. The molecule has 1 saturated heterocycles. The summed E-state index contributed by atoms with van der Waals surface area (Å²) in [5.74, 6) is 4.67. The quantitative estimate of drug-likeness (QED) is 0.243. The van der Waals surface area contributed by atoms with Crippen molar-refractivity contribution in [3.63, 3.8) is 0 Å². The van der Waals surface area contributed by atoms with E-state index < -0.39 is 5.97 Å². The summed E-state index contributed by atoms with van der Waals surface area (Å²) in [6, 6.07) is 11.9. The van der Waals surface area contributed by atoms with Crippen LogP contribution in [0, 0.1) is 6.92 Å². The highest BCUT2D eigenvalue weighted by atomic mass is 35.5. The van der Waals surface area contributed by atoms with Crippen LogP contribution in [0.15, 0.2) is 48.8 Å². The van der Waals surface area contributed by atoms with Gasteiger partial charge in [-0.3, -0.25) is 14.4 Å². The minimum atomic E-state index is -0.873. The molecule has 3 aromatic rings. The van der Waals surface area contributed by atoms with Crippen LogP contribution in [0.2, 0.25) is 5.02 Å². The Morgan fingerprint density at radius 1 is 1.34 bits per heavy atom. The van der Waals surface area contributed by atoms with E-state index in [9.17, 15) is 9.90 Å². The van der Waals surface area contributed by atoms with Gasteiger partial charge in [-0.25, -0.2) is 5.84 Å². The number of piperidine rings is 1. The van der Waals surface area contributed by atoms with Gasteiger partial charge in [-0.15, -0.1) is 0 Å². The molecule has 0 amide bonds. The summed E-state index contributed by atoms with van der Waals surface area (Å²) in [6.45, 7) is 4.49. The largest absolute Gasteiger partial charge is 0.481 e. The number of hydrogen-bond acceptors (Lipinski definition) is 6. The number of anilines is 2. The molecule has 2 unspecified atom stereocenters. The van der Waals surface area contributed by atoms with Gasteiger partial charge in [0, 0.05) is 43.5 Å². The van der Waals surface area contributed by atoms with Crippen LogP contribution in [0.1, 0.15) is 53.5 Å². The molecule has 9 heteroatoms. The van der Waals surface area contributed by atoms with Crippen LogP contribution in [-0.4, -0.2) is 45.9 Å². The molecule has 2 heterocycles. The minimum absolute atomic E-state index is 0.0513. The number of nitrogen functional groups attached to an aromatic ring is 1. The molecular weight excluding hydrogens is 464 g/mol. The fourth-order valence-electron chi connectivity index (χ4n) is 5.06. The van der Waals surface area contributed by atoms with Crippen molar-refractivity contribution in [2.24, 2.45) is 5.84 Å². The average molecular weight is 497 g/mol. The van der Waals surface area contributed by atoms with Gasteiger partial charge in [0.15, 0.2) is 0 Å². The number of hydrazine groups is 1. The van der Waals surface area contributed by atoms with E-state index in [1.807, 2.05) is 60.4 Å². The summed E-state index contributed by atoms with van der Waals surface area (Å²) in [4.78, 5) is 14.2. The van der Waals surface area contributed by atoms with Crippen molar-refractivity contribution in [2.75, 3.05) is 30.9 Å². The van der Waals surface area contributed by atoms with Gasteiger partial charge in [0.05, 0.1) is 23.8 Å². The number of aromatic nitrogens is 2. The molecule has 1 fully saturated rings. The van der Waals surface area contributed by atoms with Gasteiger partial charge in [0.25, 0.3) is 0 Å². The molecule has 186 valence electrons. The molecule has 1 aliphatic heterocycles. The van der Waals surface area contributed by atoms with Crippen molar-refractivity contribution in [2.45, 2.75) is 44.7 Å². The zero-order valence-corrected chi connectivity index (χ0v) is 20.9. The molecule has 2 atom stereocenters. The first-order chi connectivity index (χ1) is 16.7. The van der Waals surface area contributed by atoms with E-state index in [-0.39, 0.29) is 12.3 Å². The number of nitrogens with two attached hydrogens (primary N) is 2. The van der Waals surface area contributed by atoms with E-state index in [0.717, 1.165) is 48.2 Å². The molecule has 35 heavy (non-hydrogen) atoms. The van der Waals surface area contributed by atoms with Crippen molar-refractivity contribution < 1.29 is 9.90 Å². The van der Waals surface area contributed by atoms with Crippen LogP contribution in [0.25, 0.3) is 0 Å². The van der Waals surface area contributed by atoms with Crippen LogP contribution in [0.4, 0.5) is 11.4 Å². The Balaban J connectivity index is 1.63. The Bertz CT molecular complexity index is 1180. The zero-order valence-electron chi connectivity index (χ0n) is 20.2. The van der Waals surface area contributed by atoms with Crippen molar-refractivity contribution in [3.8, 4) is 0 Å². The van der Waals surface area contributed by atoms with Gasteiger partial charge in [-0.2, -0.15) is 5.10 Å². The molecule has 1 aromatic heterocycles. The van der Waals surface area contributed by atoms with Crippen molar-refractivity contribution in [1.82, 2.24) is 14.7 Å². The third-order valence-electron chi connectivity index (χ3n) is 6.91. The summed E-state index contributed by atoms with van der Waals surface area (Å²) in [5, 5.41) is 16.3. The van der Waals surface area contributed by atoms with E-state index in [2.05, 4.69) is 10.00 Å². The second kappa shape index (κ2) is 10.7. The lowest BCUT2D eigenvalue weighted by Gasteiger charge is -2.33. The average Bonchev–Trinajstić information content (AvgIpc) is 3.36. The predicted molar refractivity (Wildman–Crippen MR) is 140 cm³/mol. The summed E-state index contributed by atoms with van der Waals surface area (Å²) in [6.07, 6.45) is 5.96. The maximum Gasteiger partial charge on any atom is 0.304 e. The van der Waals surface area contributed by atoms with Crippen LogP contribution in [-0.2, 0) is 11.3 Å². The number of carbonyl (C=O) groups is 1. The van der Waals surface area contributed by atoms with Crippen LogP contribution in [0.3, 0.4) is 0 Å². The second-order valence-electron chi connectivity index (χ2n) is 9.34. The lowest BCUT2D eigenvalue weighted by atomic mass is 9.84. The maximum absolute atomic E-state index is 11.8. The molecule has 0 spiro atoms. The highest BCUT2D eigenvalue weighted by Crippen LogP contribution is 2.37. The Morgan fingerprint density at radius 2 is 2.14 bits per heavy atom. The molecular formula is C26H33ClN6O2. The normalized spacial score (nSPS) is 17.3. The summed E-state index contributed by atoms with van der Waals surface area (Å²) < 4.78 is 2.03. The van der Waals surface area contributed by atoms with Gasteiger partial charge in [0.1, 0.15) is 0 Å². The van der Waals surface area contributed by atoms with E-state index >= 15 is 0 Å². The number of halogens is 1. The minimum Gasteiger partial charge on any atom is -0.481 e. The Hall–Kier alpha value is -3.07. The fourth-order valence-corrected chi connectivity index (χ4v) is 5.24. The van der Waals surface area contributed by atoms with E-state index in [1.54, 1.807) is 7.05 Å². The Labute approximate surface area is 211 Å². The van der Waals surface area contributed by atoms with E-state index in [1.165, 1.54) is 5.01 Å². The number of nitrogens with zero attached hydrogens (tertiary/aromatic N) is 4. The predicted octanol–water partition coefficient (Wildman–Crippen LogP) is 4.18. The number of carboxylic acids is 1. The van der Waals surface area contributed by atoms with Gasteiger partial charge in [-0.05, 0) is 66.8 Å². The number of aliphatic carboxylic acids is 1. The third-order valence-corrected chi connectivity index (χ3v) is 7.28. The molecule has 0 radical (unpaired) electrons. The monoisotopic (exact) mass is 496 g/mol. The number of carboxylic acid groups (broad SMARTS) is 1. The Morgan fingerprint density at radius 3 is 2.83 bits per heavy atom. The Kier molecular flexibility index (Phi) is 7.64. The van der Waals surface area contributed by atoms with Gasteiger partial charge >= 0.3 is 5.97 Å². The van der Waals surface area contributed by atoms with Gasteiger partial charge in [-0.1, -0.05) is 29.8 Å². The fraction of sp³-hybridized carbons (Fsp3) is 0.385. The summed E-state index contributed by atoms with van der Waals surface area (Å²) in [7, 11) is 1.72. The van der Waals surface area contributed by atoms with Crippen LogP contribution >= 0.6 is 11.6 Å². The highest BCUT2D eigenvalue weighted by molar-refractivity contribution is 6.31. The topological polar surface area (TPSA) is 114 Å². The van der Waals surface area contributed by atoms with Crippen molar-refractivity contribution in [3.05, 3.63) is 76.1 Å². The molecule has 0 aliphatic carbocycles. The van der Waals surface area contributed by atoms with E-state index in [4.69, 9.17) is 23.2 Å². The lowest BCUT2D eigenvalue weighted by molar-refractivity contribution is -0.137. The molecule has 0 saturated carbocycles. The molecule has 1 aliphatic rings. The molecule has 4 rings (SSSR count). The molecule has 0 bridgehead atoms. The second-order valence-corrected chi connectivity index (χ2v) is 9.75. The first kappa shape index (κ1) is 25.0. The first-order valence-corrected chi connectivity index (χ1v) is 12.2. The van der Waals surface area contributed by atoms with Crippen LogP contribution in [0.5, 0.6) is 0 Å². The number of benzene rings is 2. The van der Waals surface area contributed by atoms with Crippen molar-refractivity contribution in [1.29, 1.82) is 0 Å². The van der Waals surface area contributed by atoms with Crippen LogP contribution < -0.4 is 16.6 Å². The summed E-state index contributed by atoms with van der Waals surface area (Å²) >= 11 is 6.62. The first-order valence-electron chi connectivity index (χ1n) is 11.8. The smallest absolute Gasteiger partial charge is 0.304 e. The van der Waals surface area contributed by atoms with Gasteiger partial charge < -0.3 is 15.8 Å². The standard InChI is InChI=1S/C26H33ClN6O2/c1-17-21(7-9-24(26(17)28)31(2)29)22(14-25(34)35)18-6-8-23(27)19(13-18)15-32-11-3-5-20(16-32)33-12-4-10-30-33/h4,6-10,12-13,20,22H,3,5,11,14-16,28-29H2,1-2H3,(H,34,35). The number of likely N-dealkylation sites (tertiary alicyclic amines) is 1. The maximum atomic E-state index is 11.8. The number of hydrogen-bond donors (Lipinski definition) is 3. The molecule has 5 N–H and O–H groups in total. The number of rotatable bonds is 8. The lowest BCUT2D eigenvalue weighted by Crippen LogP contribution is -2.36. The zero-order chi connectivity index (χ0) is 25.1. The summed E-state index contributed by atoms with van der Waals surface area (Å²) in [5.41, 5.74) is 11.2. The SMILES string of the molecule is Cc1c(C(CC(=O)O)c2ccc(Cl)c(CN3CCCC(n4cccn4)C3)c2)ccc(N(C)N)c1N. The third kappa shape index (κ3) is 5.61. The van der Waals surface area contributed by atoms with E-state index in [0.29, 0.717) is 29.0 Å². The van der Waals surface area contributed by atoms with Gasteiger partial charge in [0.2, 0.25) is 0 Å².